The Balaban J connectivity index is 2.27. The molecule has 2 rings (SSSR count). The molecule has 0 aliphatic rings. The molecule has 8 heteroatoms. The zero-order chi connectivity index (χ0) is 20.7. The zero-order valence-corrected chi connectivity index (χ0v) is 15.8. The Labute approximate surface area is 167 Å². The molecule has 2 aromatic carbocycles. The number of amidine groups is 1. The number of nitrogens with two attached hydrogens (primary N) is 1. The second kappa shape index (κ2) is 9.85. The number of amides is 1. The normalized spacial score (nSPS) is 11.3. The maximum Gasteiger partial charge on any atom is 0.271 e. The fraction of sp³-hybridized carbons (Fsp3) is 0.200. The van der Waals surface area contributed by atoms with Gasteiger partial charge in [0.25, 0.3) is 5.91 Å². The summed E-state index contributed by atoms with van der Waals surface area (Å²) in [5, 5.41) is 16.3. The van der Waals surface area contributed by atoms with Gasteiger partial charge in [0, 0.05) is 35.6 Å². The molecule has 2 aromatic rings. The minimum absolute atomic E-state index is 0.0323. The number of halogens is 2. The Morgan fingerprint density at radius 3 is 2.61 bits per heavy atom. The number of nitrogens with one attached hydrogen (secondary N) is 1. The average Bonchev–Trinajstić information content (AvgIpc) is 2.68. The Bertz CT molecular complexity index is 923. The van der Waals surface area contributed by atoms with Crippen molar-refractivity contribution in [2.75, 3.05) is 13.7 Å². The monoisotopic (exact) mass is 403 g/mol. The van der Waals surface area contributed by atoms with Crippen LogP contribution in [0, 0.1) is 23.1 Å². The largest absolute Gasteiger partial charge is 0.384 e. The number of hydrogen-bond donors (Lipinski definition) is 3. The molecule has 0 aliphatic carbocycles. The molecule has 1 atom stereocenters. The predicted molar refractivity (Wildman–Crippen MR) is 104 cm³/mol. The van der Waals surface area contributed by atoms with Gasteiger partial charge in [0.2, 0.25) is 0 Å². The third-order valence-electron chi connectivity index (χ3n) is 3.90. The summed E-state index contributed by atoms with van der Waals surface area (Å²) in [5.74, 6) is 3.64. The van der Waals surface area contributed by atoms with Crippen LogP contribution in [0.4, 0.5) is 4.39 Å². The van der Waals surface area contributed by atoms with Crippen molar-refractivity contribution < 1.29 is 19.0 Å². The Morgan fingerprint density at radius 2 is 2.04 bits per heavy atom. The molecule has 0 aliphatic heterocycles. The van der Waals surface area contributed by atoms with Gasteiger partial charge in [-0.2, -0.15) is 0 Å². The molecule has 0 heterocycles. The number of hydrogen-bond acceptors (Lipinski definition) is 4. The standard InChI is InChI=1S/C20H19ClFN3O3/c1-28-18(17-14(5-3-11-26)4-2-6-16(17)22)20(27)25(21)12-13-7-9-15(10-8-13)19(23)24/h2,4,6-10,18,26H,11-12H2,1H3,(H3,23,24). The number of aliphatic hydroxyl groups excluding tert-OH is 1. The molecule has 1 amide bonds. The third kappa shape index (κ3) is 5.08. The summed E-state index contributed by atoms with van der Waals surface area (Å²) >= 11 is 6.14. The number of ether oxygens (including phenoxy) is 1. The van der Waals surface area contributed by atoms with E-state index in [2.05, 4.69) is 11.8 Å². The minimum atomic E-state index is -1.31. The van der Waals surface area contributed by atoms with Gasteiger partial charge in [-0.05, 0) is 17.7 Å². The number of benzene rings is 2. The lowest BCUT2D eigenvalue weighted by Crippen LogP contribution is -2.29. The van der Waals surface area contributed by atoms with E-state index in [0.717, 1.165) is 4.42 Å². The SMILES string of the molecule is COC(C(=O)N(Cl)Cc1ccc(C(=N)N)cc1)c1c(F)cccc1C#CCO. The van der Waals surface area contributed by atoms with E-state index in [0.29, 0.717) is 11.1 Å². The van der Waals surface area contributed by atoms with Gasteiger partial charge in [-0.3, -0.25) is 10.2 Å². The molecular weight excluding hydrogens is 385 g/mol. The molecule has 0 fully saturated rings. The zero-order valence-electron chi connectivity index (χ0n) is 15.1. The summed E-state index contributed by atoms with van der Waals surface area (Å²) in [6.45, 7) is -0.371. The van der Waals surface area contributed by atoms with E-state index in [9.17, 15) is 9.18 Å². The van der Waals surface area contributed by atoms with Gasteiger partial charge in [0.1, 0.15) is 18.3 Å². The molecular formula is C20H19ClFN3O3. The first-order chi connectivity index (χ1) is 13.4. The molecule has 4 N–H and O–H groups in total. The first-order valence-electron chi connectivity index (χ1n) is 8.20. The Morgan fingerprint density at radius 1 is 1.36 bits per heavy atom. The fourth-order valence-electron chi connectivity index (χ4n) is 2.54. The number of methoxy groups -OCH3 is 1. The topological polar surface area (TPSA) is 99.6 Å². The van der Waals surface area contributed by atoms with Crippen molar-refractivity contribution in [3.63, 3.8) is 0 Å². The summed E-state index contributed by atoms with van der Waals surface area (Å²) in [6.07, 6.45) is -1.31. The van der Waals surface area contributed by atoms with Gasteiger partial charge in [-0.25, -0.2) is 8.81 Å². The number of nitrogen functional groups attached to an aromatic ring is 1. The highest BCUT2D eigenvalue weighted by Gasteiger charge is 2.29. The molecule has 6 nitrogen and oxygen atoms in total. The van der Waals surface area contributed by atoms with Crippen molar-refractivity contribution >= 4 is 23.5 Å². The smallest absolute Gasteiger partial charge is 0.271 e. The van der Waals surface area contributed by atoms with Crippen molar-refractivity contribution in [3.05, 3.63) is 70.5 Å². The number of aliphatic hydroxyl groups is 1. The van der Waals surface area contributed by atoms with E-state index in [1.807, 2.05) is 0 Å². The molecule has 0 radical (unpaired) electrons. The molecule has 0 saturated carbocycles. The van der Waals surface area contributed by atoms with Crippen LogP contribution in [0.2, 0.25) is 0 Å². The van der Waals surface area contributed by atoms with Crippen LogP contribution in [-0.4, -0.2) is 35.0 Å². The van der Waals surface area contributed by atoms with Gasteiger partial charge >= 0.3 is 0 Å². The summed E-state index contributed by atoms with van der Waals surface area (Å²) in [6, 6.07) is 10.8. The van der Waals surface area contributed by atoms with Crippen molar-refractivity contribution in [3.8, 4) is 11.8 Å². The molecule has 0 aromatic heterocycles. The highest BCUT2D eigenvalue weighted by molar-refractivity contribution is 6.21. The van der Waals surface area contributed by atoms with Crippen LogP contribution in [0.1, 0.15) is 28.4 Å². The van der Waals surface area contributed by atoms with Gasteiger partial charge in [0.05, 0.1) is 6.54 Å². The average molecular weight is 404 g/mol. The fourth-order valence-corrected chi connectivity index (χ4v) is 2.77. The number of rotatable bonds is 6. The van der Waals surface area contributed by atoms with Crippen LogP contribution in [0.15, 0.2) is 42.5 Å². The maximum absolute atomic E-state index is 14.4. The van der Waals surface area contributed by atoms with Crippen molar-refractivity contribution in [2.45, 2.75) is 12.6 Å². The second-order valence-electron chi connectivity index (χ2n) is 5.75. The van der Waals surface area contributed by atoms with Crippen LogP contribution >= 0.6 is 11.8 Å². The van der Waals surface area contributed by atoms with Gasteiger partial charge in [0.15, 0.2) is 6.10 Å². The lowest BCUT2D eigenvalue weighted by molar-refractivity contribution is -0.138. The second-order valence-corrected chi connectivity index (χ2v) is 6.15. The summed E-state index contributed by atoms with van der Waals surface area (Å²) in [5.41, 5.74) is 6.83. The number of carbonyl (C=O) groups excluding carboxylic acids is 1. The molecule has 0 bridgehead atoms. The van der Waals surface area contributed by atoms with Crippen molar-refractivity contribution in [1.29, 1.82) is 5.41 Å². The van der Waals surface area contributed by atoms with E-state index in [4.69, 9.17) is 32.8 Å². The number of carbonyl (C=O) groups is 1. The van der Waals surface area contributed by atoms with E-state index in [1.165, 1.54) is 25.3 Å². The molecule has 28 heavy (non-hydrogen) atoms. The molecule has 1 unspecified atom stereocenters. The molecule has 0 saturated heterocycles. The first kappa shape index (κ1) is 21.4. The summed E-state index contributed by atoms with van der Waals surface area (Å²) in [7, 11) is 1.27. The van der Waals surface area contributed by atoms with E-state index < -0.39 is 24.4 Å². The highest BCUT2D eigenvalue weighted by atomic mass is 35.5. The Hall–Kier alpha value is -2.92. The summed E-state index contributed by atoms with van der Waals surface area (Å²) < 4.78 is 20.5. The van der Waals surface area contributed by atoms with Gasteiger partial charge in [-0.1, -0.05) is 42.2 Å². The quantitative estimate of drug-likeness (QED) is 0.298. The van der Waals surface area contributed by atoms with Crippen LogP contribution in [-0.2, 0) is 16.1 Å². The van der Waals surface area contributed by atoms with Crippen LogP contribution in [0.25, 0.3) is 0 Å². The lowest BCUT2D eigenvalue weighted by atomic mass is 10.0. The van der Waals surface area contributed by atoms with Gasteiger partial charge < -0.3 is 15.6 Å². The molecule has 146 valence electrons. The minimum Gasteiger partial charge on any atom is -0.384 e. The van der Waals surface area contributed by atoms with Crippen LogP contribution < -0.4 is 5.73 Å². The maximum atomic E-state index is 14.4. The number of nitrogens with zero attached hydrogens (tertiary/aromatic N) is 1. The third-order valence-corrected chi connectivity index (χ3v) is 4.19. The van der Waals surface area contributed by atoms with Crippen LogP contribution in [0.5, 0.6) is 0 Å². The highest BCUT2D eigenvalue weighted by Crippen LogP contribution is 2.27. The van der Waals surface area contributed by atoms with Crippen molar-refractivity contribution in [2.24, 2.45) is 5.73 Å². The Kier molecular flexibility index (Phi) is 7.52. The van der Waals surface area contributed by atoms with E-state index >= 15 is 0 Å². The van der Waals surface area contributed by atoms with Gasteiger partial charge in [-0.15, -0.1) is 0 Å². The lowest BCUT2D eigenvalue weighted by Gasteiger charge is -2.22. The predicted octanol–water partition coefficient (Wildman–Crippen LogP) is 2.32. The summed E-state index contributed by atoms with van der Waals surface area (Å²) in [4.78, 5) is 12.8. The molecule has 0 spiro atoms. The van der Waals surface area contributed by atoms with E-state index in [-0.39, 0.29) is 23.5 Å². The van der Waals surface area contributed by atoms with Crippen LogP contribution in [0.3, 0.4) is 0 Å². The first-order valence-corrected chi connectivity index (χ1v) is 8.54. The van der Waals surface area contributed by atoms with Crippen molar-refractivity contribution in [1.82, 2.24) is 4.42 Å². The van der Waals surface area contributed by atoms with E-state index in [1.54, 1.807) is 24.3 Å².